The molecule has 0 bridgehead atoms. The average molecular weight is 419 g/mol. The van der Waals surface area contributed by atoms with Crippen molar-refractivity contribution < 1.29 is 9.90 Å². The lowest BCUT2D eigenvalue weighted by atomic mass is 9.93. The van der Waals surface area contributed by atoms with Crippen molar-refractivity contribution in [2.45, 2.75) is 20.8 Å². The van der Waals surface area contributed by atoms with Crippen LogP contribution in [0.2, 0.25) is 0 Å². The molecule has 0 saturated heterocycles. The van der Waals surface area contributed by atoms with Gasteiger partial charge in [0.2, 0.25) is 0 Å². The van der Waals surface area contributed by atoms with E-state index in [9.17, 15) is 9.90 Å². The lowest BCUT2D eigenvalue weighted by Gasteiger charge is -2.28. The maximum absolute atomic E-state index is 13.1. The second-order valence-electron chi connectivity index (χ2n) is 9.50. The van der Waals surface area contributed by atoms with Crippen LogP contribution in [0.15, 0.2) is 36.5 Å². The molecule has 0 unspecified atom stereocenters. The first-order chi connectivity index (χ1) is 14.6. The van der Waals surface area contributed by atoms with Crippen LogP contribution >= 0.6 is 0 Å². The summed E-state index contributed by atoms with van der Waals surface area (Å²) in [5.74, 6) is 0.0595. The molecule has 0 atom stereocenters. The van der Waals surface area contributed by atoms with E-state index in [1.165, 1.54) is 0 Å². The maximum Gasteiger partial charge on any atom is 0.270 e. The van der Waals surface area contributed by atoms with E-state index in [1.807, 2.05) is 39.3 Å². The second-order valence-corrected chi connectivity index (χ2v) is 9.50. The van der Waals surface area contributed by atoms with Crippen LogP contribution in [0, 0.1) is 12.3 Å². The Bertz CT molecular complexity index is 1320. The number of carbonyl (C=O) groups excluding carboxylic acids is 1. The fourth-order valence-corrected chi connectivity index (χ4v) is 4.78. The van der Waals surface area contributed by atoms with Crippen molar-refractivity contribution in [1.82, 2.24) is 19.8 Å². The van der Waals surface area contributed by atoms with E-state index in [0.717, 1.165) is 44.7 Å². The van der Waals surface area contributed by atoms with E-state index in [4.69, 9.17) is 0 Å². The summed E-state index contributed by atoms with van der Waals surface area (Å²) in [4.78, 5) is 19.7. The van der Waals surface area contributed by atoms with Crippen molar-refractivity contribution in [3.05, 3.63) is 47.8 Å². The molecule has 0 aliphatic heterocycles. The van der Waals surface area contributed by atoms with E-state index < -0.39 is 0 Å². The van der Waals surface area contributed by atoms with Gasteiger partial charge in [0.25, 0.3) is 5.91 Å². The number of amides is 1. The highest BCUT2D eigenvalue weighted by Crippen LogP contribution is 2.36. The van der Waals surface area contributed by atoms with Crippen LogP contribution in [-0.2, 0) is 7.05 Å². The number of aromatic nitrogens is 2. The number of aryl methyl sites for hydroxylation is 2. The summed E-state index contributed by atoms with van der Waals surface area (Å²) in [7, 11) is 6.10. The molecule has 0 radical (unpaired) electrons. The quantitative estimate of drug-likeness (QED) is 0.509. The molecule has 6 nitrogen and oxygen atoms in total. The molecule has 1 amide bonds. The number of phenols is 1. The van der Waals surface area contributed by atoms with Crippen LogP contribution in [0.1, 0.15) is 29.9 Å². The number of phenolic OH excluding ortho intramolecular Hbond substituents is 1. The Labute approximate surface area is 182 Å². The first kappa shape index (κ1) is 21.1. The molecule has 2 N–H and O–H groups in total. The van der Waals surface area contributed by atoms with Gasteiger partial charge in [0.15, 0.2) is 0 Å². The van der Waals surface area contributed by atoms with E-state index >= 15 is 0 Å². The Morgan fingerprint density at radius 3 is 2.58 bits per heavy atom. The van der Waals surface area contributed by atoms with Gasteiger partial charge in [-0.05, 0) is 67.7 Å². The largest absolute Gasteiger partial charge is 0.508 e. The molecule has 0 fully saturated rings. The summed E-state index contributed by atoms with van der Waals surface area (Å²) >= 11 is 0. The van der Waals surface area contributed by atoms with Gasteiger partial charge in [0.05, 0.1) is 5.52 Å². The SMILES string of the molecule is Cc1c2ccnc(C(=O)NCC(C)(C)CN(C)C)c2cc2c3cc(O)ccc3n(C)c12. The van der Waals surface area contributed by atoms with Crippen molar-refractivity contribution in [2.24, 2.45) is 12.5 Å². The van der Waals surface area contributed by atoms with Crippen LogP contribution in [0.4, 0.5) is 0 Å². The van der Waals surface area contributed by atoms with Crippen molar-refractivity contribution >= 4 is 38.5 Å². The summed E-state index contributed by atoms with van der Waals surface area (Å²) in [6.45, 7) is 7.78. The van der Waals surface area contributed by atoms with E-state index in [0.29, 0.717) is 12.2 Å². The highest BCUT2D eigenvalue weighted by Gasteiger charge is 2.22. The first-order valence-electron chi connectivity index (χ1n) is 10.5. The zero-order valence-electron chi connectivity index (χ0n) is 19.1. The molecule has 31 heavy (non-hydrogen) atoms. The monoisotopic (exact) mass is 418 g/mol. The number of rotatable bonds is 5. The summed E-state index contributed by atoms with van der Waals surface area (Å²) in [5.41, 5.74) is 3.60. The topological polar surface area (TPSA) is 70.4 Å². The van der Waals surface area contributed by atoms with Crippen molar-refractivity contribution in [3.63, 3.8) is 0 Å². The molecule has 0 saturated carbocycles. The fourth-order valence-electron chi connectivity index (χ4n) is 4.78. The van der Waals surface area contributed by atoms with E-state index in [-0.39, 0.29) is 17.1 Å². The highest BCUT2D eigenvalue weighted by atomic mass is 16.3. The van der Waals surface area contributed by atoms with E-state index in [2.05, 4.69) is 40.5 Å². The van der Waals surface area contributed by atoms with Crippen LogP contribution in [-0.4, -0.2) is 52.6 Å². The Morgan fingerprint density at radius 1 is 1.13 bits per heavy atom. The number of carbonyl (C=O) groups is 1. The molecule has 4 aromatic rings. The van der Waals surface area contributed by atoms with Crippen LogP contribution < -0.4 is 5.32 Å². The predicted molar refractivity (Wildman–Crippen MR) is 127 cm³/mol. The fraction of sp³-hybridized carbons (Fsp3) is 0.360. The van der Waals surface area contributed by atoms with E-state index in [1.54, 1.807) is 18.3 Å². The Hall–Kier alpha value is -3.12. The minimum absolute atomic E-state index is 0.0555. The van der Waals surface area contributed by atoms with Gasteiger partial charge < -0.3 is 19.9 Å². The Kier molecular flexibility index (Phi) is 5.13. The molecule has 162 valence electrons. The molecule has 2 aromatic carbocycles. The summed E-state index contributed by atoms with van der Waals surface area (Å²) in [5, 5.41) is 16.9. The average Bonchev–Trinajstić information content (AvgIpc) is 2.97. The van der Waals surface area contributed by atoms with Gasteiger partial charge in [0.1, 0.15) is 11.4 Å². The minimum atomic E-state index is -0.167. The number of aromatic hydroxyl groups is 1. The molecular weight excluding hydrogens is 388 g/mol. The molecule has 6 heteroatoms. The molecule has 2 heterocycles. The van der Waals surface area contributed by atoms with Crippen molar-refractivity contribution in [2.75, 3.05) is 27.2 Å². The first-order valence-corrected chi connectivity index (χ1v) is 10.5. The van der Waals surface area contributed by atoms with Crippen molar-refractivity contribution in [3.8, 4) is 5.75 Å². The number of nitrogens with one attached hydrogen (secondary N) is 1. The van der Waals surface area contributed by atoms with Gasteiger partial charge in [-0.1, -0.05) is 13.8 Å². The van der Waals surface area contributed by atoms with Crippen LogP contribution in [0.25, 0.3) is 32.6 Å². The summed E-state index contributed by atoms with van der Waals surface area (Å²) in [6.07, 6.45) is 1.70. The molecular formula is C25H30N4O2. The smallest absolute Gasteiger partial charge is 0.270 e. The molecule has 0 spiro atoms. The molecule has 0 aliphatic rings. The Morgan fingerprint density at radius 2 is 1.87 bits per heavy atom. The molecule has 2 aromatic heterocycles. The van der Waals surface area contributed by atoms with Gasteiger partial charge in [-0.2, -0.15) is 0 Å². The van der Waals surface area contributed by atoms with Gasteiger partial charge in [-0.15, -0.1) is 0 Å². The lowest BCUT2D eigenvalue weighted by molar-refractivity contribution is 0.0926. The van der Waals surface area contributed by atoms with Crippen molar-refractivity contribution in [1.29, 1.82) is 0 Å². The third-order valence-electron chi connectivity index (χ3n) is 5.95. The number of pyridine rings is 1. The third kappa shape index (κ3) is 3.72. The number of nitrogens with zero attached hydrogens (tertiary/aromatic N) is 3. The Balaban J connectivity index is 1.84. The predicted octanol–water partition coefficient (Wildman–Crippen LogP) is 4.21. The van der Waals surface area contributed by atoms with Crippen LogP contribution in [0.3, 0.4) is 0 Å². The molecule has 0 aliphatic carbocycles. The summed E-state index contributed by atoms with van der Waals surface area (Å²) in [6, 6.07) is 9.40. The normalized spacial score (nSPS) is 12.4. The number of benzene rings is 2. The summed E-state index contributed by atoms with van der Waals surface area (Å²) < 4.78 is 2.14. The maximum atomic E-state index is 13.1. The zero-order chi connectivity index (χ0) is 22.5. The standard InChI is InChI=1S/C25H30N4O2/c1-15-17-9-10-26-22(24(31)27-13-25(2,3)14-28(4)5)19(17)12-20-18-11-16(30)7-8-21(18)29(6)23(15)20/h7-12,30H,13-14H2,1-6H3,(H,27,31). The number of fused-ring (bicyclic) bond motifs is 4. The van der Waals surface area contributed by atoms with Crippen LogP contribution in [0.5, 0.6) is 5.75 Å². The highest BCUT2D eigenvalue weighted by molar-refractivity contribution is 6.17. The second kappa shape index (κ2) is 7.54. The van der Waals surface area contributed by atoms with Gasteiger partial charge >= 0.3 is 0 Å². The van der Waals surface area contributed by atoms with Gasteiger partial charge in [-0.3, -0.25) is 9.78 Å². The van der Waals surface area contributed by atoms with Gasteiger partial charge in [0, 0.05) is 48.0 Å². The zero-order valence-corrected chi connectivity index (χ0v) is 19.1. The number of hydrogen-bond acceptors (Lipinski definition) is 4. The molecule has 4 rings (SSSR count). The third-order valence-corrected chi connectivity index (χ3v) is 5.95. The lowest BCUT2D eigenvalue weighted by Crippen LogP contribution is -2.40. The van der Waals surface area contributed by atoms with Gasteiger partial charge in [-0.25, -0.2) is 0 Å². The minimum Gasteiger partial charge on any atom is -0.508 e. The number of hydrogen-bond donors (Lipinski definition) is 2.